The van der Waals surface area contributed by atoms with Gasteiger partial charge in [-0.25, -0.2) is 4.98 Å². The average Bonchev–Trinajstić information content (AvgIpc) is 3.17. The van der Waals surface area contributed by atoms with Crippen LogP contribution in [0.5, 0.6) is 0 Å². The standard InChI is InChI=1S/C18H14N2O2S/c1-11-10-20-14(12(2)19-18(20)23-11)7-8-15(21)17-9-13-5-3-4-6-16(13)22-17/h3-10H,1-2H3/b8-7+. The van der Waals surface area contributed by atoms with Crippen molar-refractivity contribution in [3.63, 3.8) is 0 Å². The lowest BCUT2D eigenvalue weighted by Crippen LogP contribution is -1.92. The lowest BCUT2D eigenvalue weighted by atomic mass is 10.2. The Balaban J connectivity index is 1.69. The molecule has 0 spiro atoms. The molecule has 1 aromatic carbocycles. The number of carbonyl (C=O) groups excluding carboxylic acids is 1. The average molecular weight is 322 g/mol. The van der Waals surface area contributed by atoms with Gasteiger partial charge in [0.05, 0.1) is 11.4 Å². The van der Waals surface area contributed by atoms with Crippen LogP contribution >= 0.6 is 11.3 Å². The molecule has 3 aromatic heterocycles. The third kappa shape index (κ3) is 2.39. The third-order valence-corrected chi connectivity index (χ3v) is 4.62. The summed E-state index contributed by atoms with van der Waals surface area (Å²) in [5, 5.41) is 0.931. The van der Waals surface area contributed by atoms with Crippen LogP contribution in [-0.2, 0) is 0 Å². The van der Waals surface area contributed by atoms with E-state index in [-0.39, 0.29) is 5.78 Å². The van der Waals surface area contributed by atoms with Gasteiger partial charge in [-0.05, 0) is 38.1 Å². The van der Waals surface area contributed by atoms with E-state index < -0.39 is 0 Å². The summed E-state index contributed by atoms with van der Waals surface area (Å²) in [7, 11) is 0. The molecule has 0 atom stereocenters. The quantitative estimate of drug-likeness (QED) is 0.407. The zero-order valence-electron chi connectivity index (χ0n) is 12.7. The highest BCUT2D eigenvalue weighted by molar-refractivity contribution is 7.17. The fourth-order valence-corrected chi connectivity index (χ4v) is 3.50. The van der Waals surface area contributed by atoms with Gasteiger partial charge >= 0.3 is 0 Å². The molecular formula is C18H14N2O2S. The monoisotopic (exact) mass is 322 g/mol. The molecule has 5 heteroatoms. The van der Waals surface area contributed by atoms with E-state index in [1.165, 1.54) is 4.88 Å². The molecule has 0 unspecified atom stereocenters. The van der Waals surface area contributed by atoms with Crippen molar-refractivity contribution in [2.45, 2.75) is 13.8 Å². The fraction of sp³-hybridized carbons (Fsp3) is 0.111. The molecule has 0 aliphatic rings. The topological polar surface area (TPSA) is 47.5 Å². The normalized spacial score (nSPS) is 11.9. The molecule has 4 aromatic rings. The van der Waals surface area contributed by atoms with Gasteiger partial charge in [-0.1, -0.05) is 18.2 Å². The van der Waals surface area contributed by atoms with Crippen molar-refractivity contribution in [3.8, 4) is 0 Å². The second-order valence-electron chi connectivity index (χ2n) is 5.42. The van der Waals surface area contributed by atoms with Crippen molar-refractivity contribution < 1.29 is 9.21 Å². The molecule has 0 N–H and O–H groups in total. The minimum absolute atomic E-state index is 0.150. The first-order valence-electron chi connectivity index (χ1n) is 7.28. The summed E-state index contributed by atoms with van der Waals surface area (Å²) < 4.78 is 7.61. The second kappa shape index (κ2) is 5.21. The smallest absolute Gasteiger partial charge is 0.221 e. The number of aromatic nitrogens is 2. The molecule has 4 rings (SSSR count). The SMILES string of the molecule is Cc1cn2c(/C=C/C(=O)c3cc4ccccc4o3)c(C)nc2s1. The molecule has 114 valence electrons. The molecule has 0 bridgehead atoms. The number of furan rings is 1. The summed E-state index contributed by atoms with van der Waals surface area (Å²) in [5.41, 5.74) is 2.55. The van der Waals surface area contributed by atoms with E-state index in [0.717, 1.165) is 27.3 Å². The first-order chi connectivity index (χ1) is 11.1. The second-order valence-corrected chi connectivity index (χ2v) is 6.64. The number of hydrogen-bond donors (Lipinski definition) is 0. The van der Waals surface area contributed by atoms with Gasteiger partial charge in [0.1, 0.15) is 5.58 Å². The highest BCUT2D eigenvalue weighted by atomic mass is 32.1. The third-order valence-electron chi connectivity index (χ3n) is 3.72. The number of thiazole rings is 1. The summed E-state index contributed by atoms with van der Waals surface area (Å²) in [5.74, 6) is 0.199. The molecule has 0 saturated carbocycles. The van der Waals surface area contributed by atoms with Crippen molar-refractivity contribution in [1.82, 2.24) is 9.38 Å². The lowest BCUT2D eigenvalue weighted by Gasteiger charge is -1.93. The predicted molar refractivity (Wildman–Crippen MR) is 92.1 cm³/mol. The summed E-state index contributed by atoms with van der Waals surface area (Å²) in [6, 6.07) is 9.37. The van der Waals surface area contributed by atoms with E-state index in [1.54, 1.807) is 29.6 Å². The van der Waals surface area contributed by atoms with E-state index in [0.29, 0.717) is 5.76 Å². The summed E-state index contributed by atoms with van der Waals surface area (Å²) >= 11 is 1.64. The first kappa shape index (κ1) is 14.0. The summed E-state index contributed by atoms with van der Waals surface area (Å²) in [6.07, 6.45) is 5.38. The first-order valence-corrected chi connectivity index (χ1v) is 8.09. The summed E-state index contributed by atoms with van der Waals surface area (Å²) in [4.78, 5) is 19.0. The Morgan fingerprint density at radius 1 is 1.30 bits per heavy atom. The number of aryl methyl sites for hydroxylation is 2. The van der Waals surface area contributed by atoms with Gasteiger partial charge in [0.25, 0.3) is 0 Å². The lowest BCUT2D eigenvalue weighted by molar-refractivity contribution is 0.102. The zero-order chi connectivity index (χ0) is 16.0. The molecule has 0 aliphatic carbocycles. The number of benzene rings is 1. The Morgan fingerprint density at radius 3 is 2.96 bits per heavy atom. The van der Waals surface area contributed by atoms with Crippen LogP contribution in [0.4, 0.5) is 0 Å². The van der Waals surface area contributed by atoms with Crippen LogP contribution in [0.15, 0.2) is 47.0 Å². The Bertz CT molecular complexity index is 1030. The van der Waals surface area contributed by atoms with E-state index in [1.807, 2.05) is 48.7 Å². The molecular weight excluding hydrogens is 308 g/mol. The predicted octanol–water partition coefficient (Wildman–Crippen LogP) is 4.65. The number of fused-ring (bicyclic) bond motifs is 2. The maximum Gasteiger partial charge on any atom is 0.221 e. The molecule has 0 amide bonds. The van der Waals surface area contributed by atoms with Crippen molar-refractivity contribution in [2.75, 3.05) is 0 Å². The van der Waals surface area contributed by atoms with Gasteiger partial charge in [0.15, 0.2) is 10.7 Å². The molecule has 23 heavy (non-hydrogen) atoms. The van der Waals surface area contributed by atoms with Crippen LogP contribution in [-0.4, -0.2) is 15.2 Å². The van der Waals surface area contributed by atoms with E-state index in [2.05, 4.69) is 4.98 Å². The highest BCUT2D eigenvalue weighted by Gasteiger charge is 2.12. The van der Waals surface area contributed by atoms with Crippen LogP contribution in [0.3, 0.4) is 0 Å². The Kier molecular flexibility index (Phi) is 3.16. The number of hydrogen-bond acceptors (Lipinski definition) is 4. The zero-order valence-corrected chi connectivity index (χ0v) is 13.6. The maximum absolute atomic E-state index is 12.4. The van der Waals surface area contributed by atoms with Crippen LogP contribution < -0.4 is 0 Å². The van der Waals surface area contributed by atoms with Gasteiger partial charge in [0, 0.05) is 16.5 Å². The molecule has 0 saturated heterocycles. The molecule has 0 radical (unpaired) electrons. The van der Waals surface area contributed by atoms with Gasteiger partial charge in [-0.2, -0.15) is 0 Å². The van der Waals surface area contributed by atoms with E-state index >= 15 is 0 Å². The van der Waals surface area contributed by atoms with Crippen molar-refractivity contribution in [1.29, 1.82) is 0 Å². The molecule has 4 nitrogen and oxygen atoms in total. The van der Waals surface area contributed by atoms with Crippen LogP contribution in [0, 0.1) is 13.8 Å². The Labute approximate surface area is 136 Å². The number of imidazole rings is 1. The number of carbonyl (C=O) groups is 1. The van der Waals surface area contributed by atoms with Gasteiger partial charge in [0.2, 0.25) is 5.78 Å². The number of allylic oxidation sites excluding steroid dienone is 1. The summed E-state index contributed by atoms with van der Waals surface area (Å²) in [6.45, 7) is 3.99. The minimum Gasteiger partial charge on any atom is -0.453 e. The fourth-order valence-electron chi connectivity index (χ4n) is 2.62. The van der Waals surface area contributed by atoms with E-state index in [4.69, 9.17) is 4.42 Å². The largest absolute Gasteiger partial charge is 0.453 e. The Morgan fingerprint density at radius 2 is 2.13 bits per heavy atom. The number of para-hydroxylation sites is 1. The molecule has 3 heterocycles. The van der Waals surface area contributed by atoms with Gasteiger partial charge < -0.3 is 4.42 Å². The van der Waals surface area contributed by atoms with Gasteiger partial charge in [-0.3, -0.25) is 9.20 Å². The van der Waals surface area contributed by atoms with Crippen molar-refractivity contribution >= 4 is 39.1 Å². The maximum atomic E-state index is 12.4. The number of nitrogens with zero attached hydrogens (tertiary/aromatic N) is 2. The minimum atomic E-state index is -0.150. The molecule has 0 fully saturated rings. The van der Waals surface area contributed by atoms with E-state index in [9.17, 15) is 4.79 Å². The Hall–Kier alpha value is -2.66. The highest BCUT2D eigenvalue weighted by Crippen LogP contribution is 2.23. The van der Waals surface area contributed by atoms with Crippen molar-refractivity contribution in [3.05, 3.63) is 64.6 Å². The number of rotatable bonds is 3. The van der Waals surface area contributed by atoms with Gasteiger partial charge in [-0.15, -0.1) is 11.3 Å². The molecule has 0 aliphatic heterocycles. The van der Waals surface area contributed by atoms with Crippen LogP contribution in [0.1, 0.15) is 26.8 Å². The van der Waals surface area contributed by atoms with Crippen molar-refractivity contribution in [2.24, 2.45) is 0 Å². The van der Waals surface area contributed by atoms with Crippen LogP contribution in [0.25, 0.3) is 22.0 Å². The van der Waals surface area contributed by atoms with Crippen LogP contribution in [0.2, 0.25) is 0 Å². The number of ketones is 1.